The molecule has 2 heterocycles. The van der Waals surface area contributed by atoms with Gasteiger partial charge in [-0.1, -0.05) is 5.10 Å². The third-order valence-corrected chi connectivity index (χ3v) is 2.29. The Balaban J connectivity index is 2.46. The zero-order valence-corrected chi connectivity index (χ0v) is 9.93. The Labute approximate surface area is 101 Å². The standard InChI is InChI=1S/C9H12N6O3/c1-10-3-4-18-8-11-5-6(13-14-8)15(2)9(17)12-7(5)16/h10H,3-4H2,1-2H3,(H,12,16,17). The lowest BCUT2D eigenvalue weighted by Crippen LogP contribution is -2.30. The van der Waals surface area contributed by atoms with Gasteiger partial charge in [-0.05, 0) is 7.05 Å². The van der Waals surface area contributed by atoms with Crippen molar-refractivity contribution < 1.29 is 4.74 Å². The van der Waals surface area contributed by atoms with E-state index in [9.17, 15) is 9.59 Å². The minimum Gasteiger partial charge on any atom is -0.461 e. The van der Waals surface area contributed by atoms with Crippen LogP contribution in [0.15, 0.2) is 9.59 Å². The first kappa shape index (κ1) is 12.2. The van der Waals surface area contributed by atoms with E-state index in [1.807, 2.05) is 0 Å². The zero-order valence-electron chi connectivity index (χ0n) is 9.93. The SMILES string of the molecule is CNCCOc1nnc2c(n1)c(=O)[nH]c(=O)n2C. The van der Waals surface area contributed by atoms with Crippen LogP contribution in [0.2, 0.25) is 0 Å². The molecule has 0 aliphatic heterocycles. The topological polar surface area (TPSA) is 115 Å². The van der Waals surface area contributed by atoms with E-state index >= 15 is 0 Å². The number of H-pyrrole nitrogens is 1. The molecule has 96 valence electrons. The number of rotatable bonds is 4. The van der Waals surface area contributed by atoms with Crippen LogP contribution in [0.25, 0.3) is 11.2 Å². The first-order chi connectivity index (χ1) is 8.63. The van der Waals surface area contributed by atoms with E-state index in [2.05, 4.69) is 25.5 Å². The van der Waals surface area contributed by atoms with Crippen molar-refractivity contribution in [2.75, 3.05) is 20.2 Å². The van der Waals surface area contributed by atoms with Gasteiger partial charge in [0.1, 0.15) is 6.61 Å². The number of fused-ring (bicyclic) bond motifs is 1. The van der Waals surface area contributed by atoms with Crippen LogP contribution in [0.5, 0.6) is 6.01 Å². The molecule has 9 nitrogen and oxygen atoms in total. The van der Waals surface area contributed by atoms with Gasteiger partial charge in [0.25, 0.3) is 5.56 Å². The summed E-state index contributed by atoms with van der Waals surface area (Å²) in [6.07, 6.45) is 0. The molecule has 0 unspecified atom stereocenters. The summed E-state index contributed by atoms with van der Waals surface area (Å²) in [5.41, 5.74) is -1.04. The molecular weight excluding hydrogens is 240 g/mol. The van der Waals surface area contributed by atoms with Crippen molar-refractivity contribution >= 4 is 11.2 Å². The molecule has 2 rings (SSSR count). The highest BCUT2D eigenvalue weighted by Gasteiger charge is 2.10. The maximum Gasteiger partial charge on any atom is 0.336 e. The summed E-state index contributed by atoms with van der Waals surface area (Å²) >= 11 is 0. The third-order valence-electron chi connectivity index (χ3n) is 2.29. The van der Waals surface area contributed by atoms with Gasteiger partial charge in [-0.2, -0.15) is 4.98 Å². The largest absolute Gasteiger partial charge is 0.461 e. The average molecular weight is 252 g/mol. The number of nitrogens with one attached hydrogen (secondary N) is 2. The van der Waals surface area contributed by atoms with Gasteiger partial charge >= 0.3 is 11.7 Å². The second-order valence-electron chi connectivity index (χ2n) is 3.54. The number of hydrogen-bond donors (Lipinski definition) is 2. The molecule has 2 aromatic heterocycles. The molecular formula is C9H12N6O3. The predicted molar refractivity (Wildman–Crippen MR) is 62.6 cm³/mol. The maximum atomic E-state index is 11.6. The number of aryl methyl sites for hydroxylation is 1. The van der Waals surface area contributed by atoms with E-state index in [1.54, 1.807) is 7.05 Å². The summed E-state index contributed by atoms with van der Waals surface area (Å²) in [4.78, 5) is 28.9. The van der Waals surface area contributed by atoms with E-state index in [1.165, 1.54) is 7.05 Å². The molecule has 0 aliphatic carbocycles. The van der Waals surface area contributed by atoms with Gasteiger partial charge in [-0.3, -0.25) is 14.3 Å². The van der Waals surface area contributed by atoms with Crippen molar-refractivity contribution in [3.05, 3.63) is 20.8 Å². The fourth-order valence-electron chi connectivity index (χ4n) is 1.33. The Morgan fingerprint density at radius 1 is 1.39 bits per heavy atom. The van der Waals surface area contributed by atoms with Gasteiger partial charge in [0.15, 0.2) is 11.2 Å². The van der Waals surface area contributed by atoms with Crippen LogP contribution in [0, 0.1) is 0 Å². The molecule has 0 aliphatic rings. The van der Waals surface area contributed by atoms with E-state index in [4.69, 9.17) is 4.74 Å². The first-order valence-corrected chi connectivity index (χ1v) is 5.24. The fourth-order valence-corrected chi connectivity index (χ4v) is 1.33. The van der Waals surface area contributed by atoms with Gasteiger partial charge in [0.2, 0.25) is 0 Å². The minimum absolute atomic E-state index is 0.00176. The van der Waals surface area contributed by atoms with Crippen LogP contribution < -0.4 is 21.3 Å². The molecule has 9 heteroatoms. The van der Waals surface area contributed by atoms with Crippen molar-refractivity contribution in [3.63, 3.8) is 0 Å². The molecule has 0 saturated heterocycles. The van der Waals surface area contributed by atoms with E-state index < -0.39 is 11.2 Å². The Morgan fingerprint density at radius 3 is 2.89 bits per heavy atom. The molecule has 2 N–H and O–H groups in total. The summed E-state index contributed by atoms with van der Waals surface area (Å²) in [5, 5.41) is 10.4. The molecule has 2 aromatic rings. The number of likely N-dealkylation sites (N-methyl/N-ethyl adjacent to an activating group) is 1. The summed E-state index contributed by atoms with van der Waals surface area (Å²) in [5.74, 6) is 0. The van der Waals surface area contributed by atoms with Gasteiger partial charge in [0.05, 0.1) is 0 Å². The van der Waals surface area contributed by atoms with Crippen molar-refractivity contribution in [3.8, 4) is 6.01 Å². The molecule has 18 heavy (non-hydrogen) atoms. The first-order valence-electron chi connectivity index (χ1n) is 5.24. The molecule has 0 radical (unpaired) electrons. The number of aromatic amines is 1. The van der Waals surface area contributed by atoms with Gasteiger partial charge in [-0.15, -0.1) is 5.10 Å². The highest BCUT2D eigenvalue weighted by molar-refractivity contribution is 5.67. The number of ether oxygens (including phenoxy) is 1. The van der Waals surface area contributed by atoms with Gasteiger partial charge < -0.3 is 10.1 Å². The summed E-state index contributed by atoms with van der Waals surface area (Å²) in [7, 11) is 3.25. The lowest BCUT2D eigenvalue weighted by atomic mass is 10.5. The Kier molecular flexibility index (Phi) is 3.33. The number of hydrogen-bond acceptors (Lipinski definition) is 7. The Morgan fingerprint density at radius 2 is 2.17 bits per heavy atom. The van der Waals surface area contributed by atoms with E-state index in [0.717, 1.165) is 4.57 Å². The molecule has 0 amide bonds. The van der Waals surface area contributed by atoms with Crippen LogP contribution >= 0.6 is 0 Å². The quantitative estimate of drug-likeness (QED) is 0.605. The predicted octanol–water partition coefficient (Wildman–Crippen LogP) is -1.99. The fraction of sp³-hybridized carbons (Fsp3) is 0.444. The third kappa shape index (κ3) is 2.20. The molecule has 0 saturated carbocycles. The Hall–Kier alpha value is -2.29. The summed E-state index contributed by atoms with van der Waals surface area (Å²) in [6, 6.07) is 0.00176. The number of nitrogens with zero attached hydrogens (tertiary/aromatic N) is 4. The van der Waals surface area contributed by atoms with E-state index in [0.29, 0.717) is 13.2 Å². The maximum absolute atomic E-state index is 11.6. The van der Waals surface area contributed by atoms with Gasteiger partial charge in [0, 0.05) is 13.6 Å². The molecule has 0 fully saturated rings. The minimum atomic E-state index is -0.610. The van der Waals surface area contributed by atoms with Crippen LogP contribution in [0.3, 0.4) is 0 Å². The van der Waals surface area contributed by atoms with Crippen LogP contribution in [0.4, 0.5) is 0 Å². The summed E-state index contributed by atoms with van der Waals surface area (Å²) < 4.78 is 6.35. The second kappa shape index (κ2) is 4.92. The zero-order chi connectivity index (χ0) is 13.1. The lowest BCUT2D eigenvalue weighted by Gasteiger charge is -2.04. The molecule has 0 spiro atoms. The highest BCUT2D eigenvalue weighted by atomic mass is 16.5. The van der Waals surface area contributed by atoms with Crippen molar-refractivity contribution in [2.45, 2.75) is 0 Å². The monoisotopic (exact) mass is 252 g/mol. The average Bonchev–Trinajstić information content (AvgIpc) is 2.36. The van der Waals surface area contributed by atoms with Crippen LogP contribution in [-0.2, 0) is 7.05 Å². The van der Waals surface area contributed by atoms with Crippen molar-refractivity contribution in [1.82, 2.24) is 30.0 Å². The van der Waals surface area contributed by atoms with Crippen LogP contribution in [0.1, 0.15) is 0 Å². The molecule has 0 atom stereocenters. The summed E-state index contributed by atoms with van der Waals surface area (Å²) in [6.45, 7) is 0.971. The second-order valence-corrected chi connectivity index (χ2v) is 3.54. The highest BCUT2D eigenvalue weighted by Crippen LogP contribution is 2.03. The smallest absolute Gasteiger partial charge is 0.336 e. The number of aromatic nitrogens is 5. The van der Waals surface area contributed by atoms with E-state index in [-0.39, 0.29) is 17.2 Å². The molecule has 0 aromatic carbocycles. The van der Waals surface area contributed by atoms with Crippen LogP contribution in [-0.4, -0.2) is 44.9 Å². The van der Waals surface area contributed by atoms with Gasteiger partial charge in [-0.25, -0.2) is 4.79 Å². The normalized spacial score (nSPS) is 10.8. The Bertz CT molecular complexity index is 676. The van der Waals surface area contributed by atoms with Crippen molar-refractivity contribution in [2.24, 2.45) is 7.05 Å². The van der Waals surface area contributed by atoms with Crippen molar-refractivity contribution in [1.29, 1.82) is 0 Å². The lowest BCUT2D eigenvalue weighted by molar-refractivity contribution is 0.291. The molecule has 0 bridgehead atoms.